The summed E-state index contributed by atoms with van der Waals surface area (Å²) in [5, 5.41) is 2.78. The Morgan fingerprint density at radius 2 is 2.16 bits per heavy atom. The number of piperazine rings is 1. The van der Waals surface area contributed by atoms with E-state index >= 15 is 0 Å². The standard InChI is InChI=1S/C18H21N3O4/c1-12-3-5-13(6-4-12)18-20-14(11-25-18)10-21-8-7-19-17(23)15(21)9-16(22)24-2/h3-6,11,15H,7-10H2,1-2H3,(H,19,23)/t15-/m0/s1. The Morgan fingerprint density at radius 3 is 2.88 bits per heavy atom. The van der Waals surface area contributed by atoms with Crippen LogP contribution in [0.4, 0.5) is 0 Å². The number of esters is 1. The van der Waals surface area contributed by atoms with E-state index in [1.54, 1.807) is 6.26 Å². The van der Waals surface area contributed by atoms with Crippen LogP contribution in [-0.2, 0) is 20.9 Å². The van der Waals surface area contributed by atoms with E-state index in [-0.39, 0.29) is 12.3 Å². The summed E-state index contributed by atoms with van der Waals surface area (Å²) < 4.78 is 10.3. The molecule has 2 aromatic rings. The van der Waals surface area contributed by atoms with Crippen LogP contribution in [0.2, 0.25) is 0 Å². The van der Waals surface area contributed by atoms with Crippen LogP contribution in [-0.4, -0.2) is 48.0 Å². The second-order valence-electron chi connectivity index (χ2n) is 6.07. The zero-order valence-corrected chi connectivity index (χ0v) is 14.3. The van der Waals surface area contributed by atoms with E-state index in [1.165, 1.54) is 12.7 Å². The van der Waals surface area contributed by atoms with Crippen LogP contribution in [0.3, 0.4) is 0 Å². The highest BCUT2D eigenvalue weighted by Crippen LogP contribution is 2.21. The van der Waals surface area contributed by atoms with Crippen molar-refractivity contribution in [1.82, 2.24) is 15.2 Å². The van der Waals surface area contributed by atoms with Gasteiger partial charge in [-0.2, -0.15) is 0 Å². The molecule has 0 radical (unpaired) electrons. The normalized spacial score (nSPS) is 18.0. The zero-order valence-electron chi connectivity index (χ0n) is 14.3. The summed E-state index contributed by atoms with van der Waals surface area (Å²) in [6, 6.07) is 7.36. The Balaban J connectivity index is 1.73. The van der Waals surface area contributed by atoms with Gasteiger partial charge in [0.25, 0.3) is 0 Å². The van der Waals surface area contributed by atoms with E-state index in [4.69, 9.17) is 9.15 Å². The van der Waals surface area contributed by atoms with Crippen molar-refractivity contribution >= 4 is 11.9 Å². The monoisotopic (exact) mass is 343 g/mol. The topological polar surface area (TPSA) is 84.7 Å². The van der Waals surface area contributed by atoms with Crippen molar-refractivity contribution in [3.63, 3.8) is 0 Å². The number of rotatable bonds is 5. The number of ether oxygens (including phenoxy) is 1. The number of aryl methyl sites for hydroxylation is 1. The maximum atomic E-state index is 12.1. The van der Waals surface area contributed by atoms with E-state index in [1.807, 2.05) is 36.1 Å². The minimum atomic E-state index is -0.555. The highest BCUT2D eigenvalue weighted by molar-refractivity contribution is 5.87. The van der Waals surface area contributed by atoms with Crippen LogP contribution in [0.15, 0.2) is 34.9 Å². The average molecular weight is 343 g/mol. The Kier molecular flexibility index (Phi) is 5.14. The first-order valence-corrected chi connectivity index (χ1v) is 8.17. The van der Waals surface area contributed by atoms with E-state index in [0.717, 1.165) is 11.3 Å². The first-order chi connectivity index (χ1) is 12.1. The molecule has 3 rings (SSSR count). The molecule has 1 amide bonds. The van der Waals surface area contributed by atoms with Crippen LogP contribution < -0.4 is 5.32 Å². The van der Waals surface area contributed by atoms with Gasteiger partial charge in [0.05, 0.1) is 19.2 Å². The summed E-state index contributed by atoms with van der Waals surface area (Å²) in [6.07, 6.45) is 1.61. The van der Waals surface area contributed by atoms with Crippen LogP contribution in [0, 0.1) is 6.92 Å². The van der Waals surface area contributed by atoms with Gasteiger partial charge in [0.2, 0.25) is 11.8 Å². The van der Waals surface area contributed by atoms with Crippen molar-refractivity contribution in [2.24, 2.45) is 0 Å². The third-order valence-corrected chi connectivity index (χ3v) is 4.24. The lowest BCUT2D eigenvalue weighted by atomic mass is 10.1. The summed E-state index contributed by atoms with van der Waals surface area (Å²) in [5.74, 6) is -0.0348. The molecule has 7 nitrogen and oxygen atoms in total. The molecule has 132 valence electrons. The summed E-state index contributed by atoms with van der Waals surface area (Å²) in [5.41, 5.74) is 2.79. The zero-order chi connectivity index (χ0) is 17.8. The number of methoxy groups -OCH3 is 1. The molecule has 1 N–H and O–H groups in total. The quantitative estimate of drug-likeness (QED) is 0.829. The van der Waals surface area contributed by atoms with Gasteiger partial charge in [0, 0.05) is 25.2 Å². The average Bonchev–Trinajstić information content (AvgIpc) is 3.07. The number of oxazole rings is 1. The minimum Gasteiger partial charge on any atom is -0.469 e. The molecular weight excluding hydrogens is 322 g/mol. The van der Waals surface area contributed by atoms with Crippen molar-refractivity contribution in [3.8, 4) is 11.5 Å². The third kappa shape index (κ3) is 4.06. The van der Waals surface area contributed by atoms with Crippen molar-refractivity contribution in [2.45, 2.75) is 25.9 Å². The van der Waals surface area contributed by atoms with E-state index < -0.39 is 12.0 Å². The largest absolute Gasteiger partial charge is 0.469 e. The fraction of sp³-hybridized carbons (Fsp3) is 0.389. The lowest BCUT2D eigenvalue weighted by Crippen LogP contribution is -2.55. The highest BCUT2D eigenvalue weighted by Gasteiger charge is 2.32. The van der Waals surface area contributed by atoms with Gasteiger partial charge in [-0.1, -0.05) is 17.7 Å². The number of carbonyl (C=O) groups is 2. The molecule has 1 aliphatic rings. The van der Waals surface area contributed by atoms with Crippen LogP contribution >= 0.6 is 0 Å². The molecule has 0 spiro atoms. The Labute approximate surface area is 146 Å². The molecule has 1 atom stereocenters. The molecule has 0 bridgehead atoms. The molecule has 7 heteroatoms. The first-order valence-electron chi connectivity index (χ1n) is 8.17. The predicted octanol–water partition coefficient (Wildman–Crippen LogP) is 1.51. The molecule has 25 heavy (non-hydrogen) atoms. The van der Waals surface area contributed by atoms with E-state index in [2.05, 4.69) is 10.3 Å². The van der Waals surface area contributed by atoms with Gasteiger partial charge in [-0.15, -0.1) is 0 Å². The fourth-order valence-electron chi connectivity index (χ4n) is 2.83. The van der Waals surface area contributed by atoms with Crippen LogP contribution in [0.5, 0.6) is 0 Å². The van der Waals surface area contributed by atoms with Gasteiger partial charge in [-0.25, -0.2) is 4.98 Å². The molecule has 0 aliphatic carbocycles. The molecule has 1 fully saturated rings. The molecule has 0 unspecified atom stereocenters. The van der Waals surface area contributed by atoms with Crippen LogP contribution in [0.1, 0.15) is 17.7 Å². The lowest BCUT2D eigenvalue weighted by Gasteiger charge is -2.33. The van der Waals surface area contributed by atoms with Gasteiger partial charge in [0.1, 0.15) is 12.3 Å². The number of hydrogen-bond acceptors (Lipinski definition) is 6. The molecule has 1 aromatic carbocycles. The minimum absolute atomic E-state index is 0.0189. The molecule has 1 saturated heterocycles. The van der Waals surface area contributed by atoms with Crippen molar-refractivity contribution < 1.29 is 18.7 Å². The van der Waals surface area contributed by atoms with Gasteiger partial charge >= 0.3 is 5.97 Å². The smallest absolute Gasteiger partial charge is 0.307 e. The van der Waals surface area contributed by atoms with Gasteiger partial charge in [0.15, 0.2) is 0 Å². The Hall–Kier alpha value is -2.67. The van der Waals surface area contributed by atoms with E-state index in [9.17, 15) is 9.59 Å². The predicted molar refractivity (Wildman–Crippen MR) is 90.5 cm³/mol. The fourth-order valence-corrected chi connectivity index (χ4v) is 2.83. The van der Waals surface area contributed by atoms with Gasteiger partial charge in [-0.3, -0.25) is 14.5 Å². The molecule has 1 aliphatic heterocycles. The third-order valence-electron chi connectivity index (χ3n) is 4.24. The maximum absolute atomic E-state index is 12.1. The number of nitrogens with zero attached hydrogens (tertiary/aromatic N) is 2. The summed E-state index contributed by atoms with van der Waals surface area (Å²) in [4.78, 5) is 30.1. The number of benzene rings is 1. The molecule has 1 aromatic heterocycles. The number of nitrogens with one attached hydrogen (secondary N) is 1. The van der Waals surface area contributed by atoms with Gasteiger partial charge < -0.3 is 14.5 Å². The second kappa shape index (κ2) is 7.48. The number of aromatic nitrogens is 1. The SMILES string of the molecule is COC(=O)C[C@H]1C(=O)NCCN1Cc1coc(-c2ccc(C)cc2)n1. The van der Waals surface area contributed by atoms with E-state index in [0.29, 0.717) is 25.5 Å². The lowest BCUT2D eigenvalue weighted by molar-refractivity contribution is -0.146. The number of hydrogen-bond donors (Lipinski definition) is 1. The summed E-state index contributed by atoms with van der Waals surface area (Å²) >= 11 is 0. The molecular formula is C18H21N3O4. The highest BCUT2D eigenvalue weighted by atomic mass is 16.5. The first kappa shape index (κ1) is 17.2. The number of amides is 1. The molecule has 2 heterocycles. The van der Waals surface area contributed by atoms with Crippen molar-refractivity contribution in [3.05, 3.63) is 41.8 Å². The van der Waals surface area contributed by atoms with Crippen LogP contribution in [0.25, 0.3) is 11.5 Å². The summed E-state index contributed by atoms with van der Waals surface area (Å²) in [7, 11) is 1.32. The Bertz CT molecular complexity index is 754. The maximum Gasteiger partial charge on any atom is 0.307 e. The summed E-state index contributed by atoms with van der Waals surface area (Å²) in [6.45, 7) is 3.64. The van der Waals surface area contributed by atoms with Crippen molar-refractivity contribution in [1.29, 1.82) is 0 Å². The second-order valence-corrected chi connectivity index (χ2v) is 6.07. The number of carbonyl (C=O) groups excluding carboxylic acids is 2. The van der Waals surface area contributed by atoms with Gasteiger partial charge in [-0.05, 0) is 19.1 Å². The molecule has 0 saturated carbocycles. The van der Waals surface area contributed by atoms with Crippen molar-refractivity contribution in [2.75, 3.05) is 20.2 Å². The Morgan fingerprint density at radius 1 is 1.40 bits per heavy atom.